The lowest BCUT2D eigenvalue weighted by atomic mass is 10.2. The SMILES string of the molecule is C=C(N)[C@H](CC)NCC. The number of likely N-dealkylation sites (N-methyl/N-ethyl adjacent to an activating group) is 1. The minimum absolute atomic E-state index is 0.301. The summed E-state index contributed by atoms with van der Waals surface area (Å²) in [6.45, 7) is 8.76. The molecule has 2 heteroatoms. The Balaban J connectivity index is 3.54. The summed E-state index contributed by atoms with van der Waals surface area (Å²) in [6, 6.07) is 0.301. The minimum Gasteiger partial charge on any atom is -0.401 e. The number of nitrogens with one attached hydrogen (secondary N) is 1. The Bertz CT molecular complexity index is 88.9. The first-order chi connectivity index (χ1) is 4.22. The van der Waals surface area contributed by atoms with Gasteiger partial charge in [-0.1, -0.05) is 20.4 Å². The fourth-order valence-corrected chi connectivity index (χ4v) is 0.784. The van der Waals surface area contributed by atoms with Crippen molar-refractivity contribution in [3.05, 3.63) is 12.3 Å². The van der Waals surface area contributed by atoms with Crippen LogP contribution in [-0.4, -0.2) is 12.6 Å². The summed E-state index contributed by atoms with van der Waals surface area (Å²) >= 11 is 0. The van der Waals surface area contributed by atoms with E-state index in [0.717, 1.165) is 18.7 Å². The molecule has 0 fully saturated rings. The quantitative estimate of drug-likeness (QED) is 0.589. The van der Waals surface area contributed by atoms with Crippen LogP contribution in [-0.2, 0) is 0 Å². The molecule has 0 aliphatic carbocycles. The van der Waals surface area contributed by atoms with E-state index < -0.39 is 0 Å². The van der Waals surface area contributed by atoms with Crippen molar-refractivity contribution >= 4 is 0 Å². The minimum atomic E-state index is 0.301. The van der Waals surface area contributed by atoms with Gasteiger partial charge >= 0.3 is 0 Å². The van der Waals surface area contributed by atoms with Crippen molar-refractivity contribution in [2.24, 2.45) is 5.73 Å². The molecule has 0 aliphatic heterocycles. The zero-order chi connectivity index (χ0) is 7.28. The molecule has 0 aliphatic rings. The summed E-state index contributed by atoms with van der Waals surface area (Å²) in [5.41, 5.74) is 6.21. The van der Waals surface area contributed by atoms with E-state index in [9.17, 15) is 0 Å². The van der Waals surface area contributed by atoms with Crippen molar-refractivity contribution in [2.75, 3.05) is 6.54 Å². The van der Waals surface area contributed by atoms with Crippen LogP contribution < -0.4 is 11.1 Å². The molecule has 0 radical (unpaired) electrons. The Labute approximate surface area is 57.1 Å². The maximum atomic E-state index is 5.48. The van der Waals surface area contributed by atoms with Crippen molar-refractivity contribution in [3.8, 4) is 0 Å². The Morgan fingerprint density at radius 2 is 2.22 bits per heavy atom. The first kappa shape index (κ1) is 8.50. The molecule has 0 saturated carbocycles. The van der Waals surface area contributed by atoms with Gasteiger partial charge in [0.25, 0.3) is 0 Å². The van der Waals surface area contributed by atoms with Crippen LogP contribution in [0.25, 0.3) is 0 Å². The standard InChI is InChI=1S/C7H16N2/c1-4-7(6(3)8)9-5-2/h7,9H,3-5,8H2,1-2H3/t7-/m0/s1. The van der Waals surface area contributed by atoms with Crippen molar-refractivity contribution in [3.63, 3.8) is 0 Å². The van der Waals surface area contributed by atoms with Crippen LogP contribution in [0.4, 0.5) is 0 Å². The lowest BCUT2D eigenvalue weighted by Gasteiger charge is -2.14. The predicted octanol–water partition coefficient (Wildman–Crippen LogP) is 0.847. The molecule has 0 aromatic rings. The molecule has 0 aromatic carbocycles. The number of rotatable bonds is 4. The van der Waals surface area contributed by atoms with Crippen molar-refractivity contribution in [1.82, 2.24) is 5.32 Å². The molecule has 0 heterocycles. The zero-order valence-corrected chi connectivity index (χ0v) is 6.28. The first-order valence-electron chi connectivity index (χ1n) is 3.40. The summed E-state index contributed by atoms with van der Waals surface area (Å²) in [7, 11) is 0. The van der Waals surface area contributed by atoms with E-state index in [-0.39, 0.29) is 0 Å². The molecule has 0 amide bonds. The molecule has 2 nitrogen and oxygen atoms in total. The van der Waals surface area contributed by atoms with Gasteiger partial charge in [0.15, 0.2) is 0 Å². The molecule has 3 N–H and O–H groups in total. The maximum Gasteiger partial charge on any atom is 0.0458 e. The van der Waals surface area contributed by atoms with Crippen LogP contribution in [0.15, 0.2) is 12.3 Å². The van der Waals surface area contributed by atoms with E-state index >= 15 is 0 Å². The zero-order valence-electron chi connectivity index (χ0n) is 6.28. The lowest BCUT2D eigenvalue weighted by molar-refractivity contribution is 0.571. The van der Waals surface area contributed by atoms with Crippen LogP contribution in [0.1, 0.15) is 20.3 Å². The number of nitrogens with two attached hydrogens (primary N) is 1. The summed E-state index contributed by atoms with van der Waals surface area (Å²) in [6.07, 6.45) is 1.02. The summed E-state index contributed by atoms with van der Waals surface area (Å²) in [5, 5.41) is 3.21. The second kappa shape index (κ2) is 4.39. The average molecular weight is 128 g/mol. The van der Waals surface area contributed by atoms with Gasteiger partial charge in [-0.25, -0.2) is 0 Å². The molecule has 0 unspecified atom stereocenters. The lowest BCUT2D eigenvalue weighted by Crippen LogP contribution is -2.32. The van der Waals surface area contributed by atoms with Gasteiger partial charge in [0.1, 0.15) is 0 Å². The fraction of sp³-hybridized carbons (Fsp3) is 0.714. The Morgan fingerprint density at radius 1 is 1.67 bits per heavy atom. The van der Waals surface area contributed by atoms with Crippen LogP contribution >= 0.6 is 0 Å². The smallest absolute Gasteiger partial charge is 0.0458 e. The Hall–Kier alpha value is -0.500. The van der Waals surface area contributed by atoms with E-state index in [4.69, 9.17) is 5.73 Å². The highest BCUT2D eigenvalue weighted by molar-refractivity contribution is 4.98. The maximum absolute atomic E-state index is 5.48. The molecular formula is C7H16N2. The van der Waals surface area contributed by atoms with E-state index in [1.807, 2.05) is 0 Å². The fourth-order valence-electron chi connectivity index (χ4n) is 0.784. The van der Waals surface area contributed by atoms with Gasteiger partial charge in [0, 0.05) is 11.7 Å². The van der Waals surface area contributed by atoms with Gasteiger partial charge in [0.05, 0.1) is 0 Å². The second-order valence-electron chi connectivity index (χ2n) is 2.09. The van der Waals surface area contributed by atoms with Crippen molar-refractivity contribution < 1.29 is 0 Å². The second-order valence-corrected chi connectivity index (χ2v) is 2.09. The largest absolute Gasteiger partial charge is 0.401 e. The third-order valence-corrected chi connectivity index (χ3v) is 1.31. The highest BCUT2D eigenvalue weighted by Crippen LogP contribution is 1.95. The normalized spacial score (nSPS) is 13.1. The molecule has 0 saturated heterocycles. The first-order valence-corrected chi connectivity index (χ1v) is 3.40. The predicted molar refractivity (Wildman–Crippen MR) is 41.1 cm³/mol. The number of hydrogen-bond acceptors (Lipinski definition) is 2. The van der Waals surface area contributed by atoms with Gasteiger partial charge in [-0.15, -0.1) is 0 Å². The van der Waals surface area contributed by atoms with E-state index in [2.05, 4.69) is 25.7 Å². The summed E-state index contributed by atoms with van der Waals surface area (Å²) in [5.74, 6) is 0. The van der Waals surface area contributed by atoms with Crippen LogP contribution in [0, 0.1) is 0 Å². The van der Waals surface area contributed by atoms with Gasteiger partial charge < -0.3 is 11.1 Å². The van der Waals surface area contributed by atoms with Crippen LogP contribution in [0.5, 0.6) is 0 Å². The topological polar surface area (TPSA) is 38.0 Å². The van der Waals surface area contributed by atoms with E-state index in [0.29, 0.717) is 6.04 Å². The van der Waals surface area contributed by atoms with Crippen molar-refractivity contribution in [1.29, 1.82) is 0 Å². The van der Waals surface area contributed by atoms with Crippen molar-refractivity contribution in [2.45, 2.75) is 26.3 Å². The Kier molecular flexibility index (Phi) is 4.14. The summed E-state index contributed by atoms with van der Waals surface area (Å²) < 4.78 is 0. The molecule has 0 spiro atoms. The summed E-state index contributed by atoms with van der Waals surface area (Å²) in [4.78, 5) is 0. The van der Waals surface area contributed by atoms with E-state index in [1.54, 1.807) is 0 Å². The van der Waals surface area contributed by atoms with Gasteiger partial charge in [-0.2, -0.15) is 0 Å². The molecule has 0 bridgehead atoms. The van der Waals surface area contributed by atoms with Gasteiger partial charge in [-0.3, -0.25) is 0 Å². The third kappa shape index (κ3) is 3.14. The highest BCUT2D eigenvalue weighted by atomic mass is 14.9. The van der Waals surface area contributed by atoms with Crippen LogP contribution in [0.3, 0.4) is 0 Å². The van der Waals surface area contributed by atoms with E-state index in [1.165, 1.54) is 0 Å². The average Bonchev–Trinajstić information content (AvgIpc) is 1.82. The molecule has 54 valence electrons. The van der Waals surface area contributed by atoms with Crippen LogP contribution in [0.2, 0.25) is 0 Å². The number of hydrogen-bond donors (Lipinski definition) is 2. The monoisotopic (exact) mass is 128 g/mol. The molecule has 0 aromatic heterocycles. The molecule has 0 rings (SSSR count). The van der Waals surface area contributed by atoms with Gasteiger partial charge in [-0.05, 0) is 13.0 Å². The third-order valence-electron chi connectivity index (χ3n) is 1.31. The molecule has 1 atom stereocenters. The van der Waals surface area contributed by atoms with Gasteiger partial charge in [0.2, 0.25) is 0 Å². The highest BCUT2D eigenvalue weighted by Gasteiger charge is 2.02. The Morgan fingerprint density at radius 3 is 2.33 bits per heavy atom. The molecule has 9 heavy (non-hydrogen) atoms. The molecular weight excluding hydrogens is 112 g/mol.